The number of rotatable bonds is 7. The molecule has 0 bridgehead atoms. The van der Waals surface area contributed by atoms with Crippen LogP contribution in [0.15, 0.2) is 30.3 Å². The summed E-state index contributed by atoms with van der Waals surface area (Å²) < 4.78 is 0. The maximum atomic E-state index is 11.5. The van der Waals surface area contributed by atoms with Gasteiger partial charge < -0.3 is 10.4 Å². The lowest BCUT2D eigenvalue weighted by atomic mass is 9.84. The molecule has 0 aromatic heterocycles. The second-order valence-electron chi connectivity index (χ2n) is 6.15. The highest BCUT2D eigenvalue weighted by Gasteiger charge is 2.28. The van der Waals surface area contributed by atoms with Crippen molar-refractivity contribution in [3.63, 3.8) is 0 Å². The maximum Gasteiger partial charge on any atom is 0.320 e. The lowest BCUT2D eigenvalue weighted by Crippen LogP contribution is -2.43. The Bertz CT molecular complexity index is 577. The molecule has 0 aliphatic heterocycles. The first kappa shape index (κ1) is 18.2. The van der Waals surface area contributed by atoms with Crippen LogP contribution >= 0.6 is 0 Å². The zero-order valence-corrected chi connectivity index (χ0v) is 13.6. The van der Waals surface area contributed by atoms with Crippen LogP contribution in [0.4, 0.5) is 0 Å². The number of carbonyl (C=O) groups is 2. The molecule has 0 spiro atoms. The number of hydrogen-bond acceptors (Lipinski definition) is 4. The highest BCUT2D eigenvalue weighted by Crippen LogP contribution is 2.26. The molecule has 1 amide bonds. The molecule has 1 aromatic carbocycles. The molecule has 6 heteroatoms. The van der Waals surface area contributed by atoms with Crippen LogP contribution in [0.2, 0.25) is 0 Å². The Hall–Kier alpha value is -2.18. The van der Waals surface area contributed by atoms with Crippen molar-refractivity contribution in [2.75, 3.05) is 0 Å². The summed E-state index contributed by atoms with van der Waals surface area (Å²) in [7, 11) is 0. The number of aliphatic carboxylic acids is 1. The Labute approximate surface area is 141 Å². The largest absolute Gasteiger partial charge is 0.480 e. The lowest BCUT2D eigenvalue weighted by molar-refractivity contribution is -0.141. The Balaban J connectivity index is 1.91. The monoisotopic (exact) mass is 332 g/mol. The molecule has 1 fully saturated rings. The highest BCUT2D eigenvalue weighted by molar-refractivity contribution is 5.90. The quantitative estimate of drug-likeness (QED) is 0.349. The van der Waals surface area contributed by atoms with Gasteiger partial charge in [0.15, 0.2) is 0 Å². The van der Waals surface area contributed by atoms with E-state index in [1.165, 1.54) is 18.0 Å². The minimum atomic E-state index is -0.781. The van der Waals surface area contributed by atoms with Gasteiger partial charge in [0.25, 0.3) is 5.91 Å². The molecule has 24 heavy (non-hydrogen) atoms. The third kappa shape index (κ3) is 5.47. The summed E-state index contributed by atoms with van der Waals surface area (Å²) in [5.74, 6) is -1.16. The van der Waals surface area contributed by atoms with E-state index in [9.17, 15) is 14.7 Å². The summed E-state index contributed by atoms with van der Waals surface area (Å²) >= 11 is 0. The van der Waals surface area contributed by atoms with E-state index in [2.05, 4.69) is 5.32 Å². The van der Waals surface area contributed by atoms with Crippen LogP contribution in [-0.2, 0) is 16.1 Å². The number of nitrogens with one attached hydrogen (secondary N) is 2. The second kappa shape index (κ2) is 9.20. The van der Waals surface area contributed by atoms with Crippen molar-refractivity contribution in [1.29, 1.82) is 0 Å². The van der Waals surface area contributed by atoms with Crippen LogP contribution < -0.4 is 10.8 Å². The van der Waals surface area contributed by atoms with E-state index in [1.807, 2.05) is 24.3 Å². The van der Waals surface area contributed by atoms with Gasteiger partial charge in [0.05, 0.1) is 0 Å². The molecule has 1 aliphatic carbocycles. The van der Waals surface area contributed by atoms with Crippen molar-refractivity contribution in [2.45, 2.75) is 44.7 Å². The van der Waals surface area contributed by atoms with Gasteiger partial charge in [-0.1, -0.05) is 43.5 Å². The fourth-order valence-electron chi connectivity index (χ4n) is 3.11. The van der Waals surface area contributed by atoms with E-state index in [0.29, 0.717) is 6.54 Å². The molecule has 0 radical (unpaired) electrons. The number of benzene rings is 1. The van der Waals surface area contributed by atoms with E-state index in [4.69, 9.17) is 5.21 Å². The molecule has 1 saturated carbocycles. The molecule has 2 rings (SSSR count). The zero-order valence-electron chi connectivity index (χ0n) is 13.6. The van der Waals surface area contributed by atoms with Crippen molar-refractivity contribution in [2.24, 2.45) is 5.92 Å². The van der Waals surface area contributed by atoms with Crippen LogP contribution in [0.3, 0.4) is 0 Å². The van der Waals surface area contributed by atoms with E-state index in [-0.39, 0.29) is 5.92 Å². The van der Waals surface area contributed by atoms with Crippen LogP contribution in [0.25, 0.3) is 6.08 Å². The average Bonchev–Trinajstić information content (AvgIpc) is 2.61. The number of hydrogen-bond donors (Lipinski definition) is 4. The van der Waals surface area contributed by atoms with Crippen LogP contribution in [0.5, 0.6) is 0 Å². The Morgan fingerprint density at radius 2 is 1.83 bits per heavy atom. The van der Waals surface area contributed by atoms with Crippen molar-refractivity contribution in [3.8, 4) is 0 Å². The van der Waals surface area contributed by atoms with Gasteiger partial charge in [0, 0.05) is 12.6 Å². The molecule has 0 saturated heterocycles. The minimum absolute atomic E-state index is 0.204. The van der Waals surface area contributed by atoms with Crippen LogP contribution in [-0.4, -0.2) is 28.2 Å². The first-order valence-corrected chi connectivity index (χ1v) is 8.27. The fourth-order valence-corrected chi connectivity index (χ4v) is 3.11. The van der Waals surface area contributed by atoms with Gasteiger partial charge in [0.2, 0.25) is 0 Å². The third-order valence-electron chi connectivity index (χ3n) is 4.43. The summed E-state index contributed by atoms with van der Waals surface area (Å²) in [4.78, 5) is 22.5. The first-order chi connectivity index (χ1) is 11.6. The number of carboxylic acids is 1. The van der Waals surface area contributed by atoms with Crippen molar-refractivity contribution >= 4 is 18.0 Å². The van der Waals surface area contributed by atoms with Crippen molar-refractivity contribution < 1.29 is 19.9 Å². The predicted octanol–water partition coefficient (Wildman–Crippen LogP) is 2.33. The molecule has 0 heterocycles. The number of amides is 1. The molecule has 4 N–H and O–H groups in total. The Kier molecular flexibility index (Phi) is 6.96. The molecule has 0 unspecified atom stereocenters. The molecule has 1 aliphatic rings. The molecule has 1 atom stereocenters. The van der Waals surface area contributed by atoms with E-state index < -0.39 is 17.9 Å². The van der Waals surface area contributed by atoms with Crippen molar-refractivity contribution in [3.05, 3.63) is 41.5 Å². The molecule has 6 nitrogen and oxygen atoms in total. The number of carbonyl (C=O) groups excluding carboxylic acids is 1. The SMILES string of the molecule is O=C(C=Cc1ccc(CN[C@@H](C(=O)O)C2CCCCC2)cc1)NO. The average molecular weight is 332 g/mol. The first-order valence-electron chi connectivity index (χ1n) is 8.27. The summed E-state index contributed by atoms with van der Waals surface area (Å²) in [6.07, 6.45) is 8.19. The normalized spacial score (nSPS) is 16.9. The number of hydroxylamine groups is 1. The van der Waals surface area contributed by atoms with Crippen LogP contribution in [0, 0.1) is 5.92 Å². The van der Waals surface area contributed by atoms with E-state index in [0.717, 1.165) is 36.8 Å². The minimum Gasteiger partial charge on any atom is -0.480 e. The van der Waals surface area contributed by atoms with Crippen molar-refractivity contribution in [1.82, 2.24) is 10.8 Å². The van der Waals surface area contributed by atoms with Crippen LogP contribution in [0.1, 0.15) is 43.2 Å². The number of carboxylic acid groups (broad SMARTS) is 1. The van der Waals surface area contributed by atoms with Gasteiger partial charge in [-0.05, 0) is 36.0 Å². The van der Waals surface area contributed by atoms with Gasteiger partial charge >= 0.3 is 5.97 Å². The maximum absolute atomic E-state index is 11.5. The Morgan fingerprint density at radius 3 is 2.42 bits per heavy atom. The predicted molar refractivity (Wildman–Crippen MR) is 90.2 cm³/mol. The van der Waals surface area contributed by atoms with E-state index in [1.54, 1.807) is 6.08 Å². The topological polar surface area (TPSA) is 98.7 Å². The summed E-state index contributed by atoms with van der Waals surface area (Å²) in [5.41, 5.74) is 3.34. The standard InChI is InChI=1S/C18H24N2O4/c21-16(20-24)11-10-13-6-8-14(9-7-13)12-19-17(18(22)23)15-4-2-1-3-5-15/h6-11,15,17,19,24H,1-5,12H2,(H,20,21)(H,22,23)/t17-/m1/s1. The molecule has 130 valence electrons. The zero-order chi connectivity index (χ0) is 17.4. The summed E-state index contributed by atoms with van der Waals surface area (Å²) in [6, 6.07) is 6.97. The highest BCUT2D eigenvalue weighted by atomic mass is 16.5. The smallest absolute Gasteiger partial charge is 0.320 e. The Morgan fingerprint density at radius 1 is 1.17 bits per heavy atom. The van der Waals surface area contributed by atoms with Gasteiger partial charge in [-0.25, -0.2) is 5.48 Å². The van der Waals surface area contributed by atoms with Gasteiger partial charge in [-0.2, -0.15) is 0 Å². The summed E-state index contributed by atoms with van der Waals surface area (Å²) in [5, 5.41) is 21.1. The van der Waals surface area contributed by atoms with Gasteiger partial charge in [-0.3, -0.25) is 14.8 Å². The van der Waals surface area contributed by atoms with E-state index >= 15 is 0 Å². The molecular weight excluding hydrogens is 308 g/mol. The van der Waals surface area contributed by atoms with Gasteiger partial charge in [-0.15, -0.1) is 0 Å². The second-order valence-corrected chi connectivity index (χ2v) is 6.15. The fraction of sp³-hybridized carbons (Fsp3) is 0.444. The third-order valence-corrected chi connectivity index (χ3v) is 4.43. The lowest BCUT2D eigenvalue weighted by Gasteiger charge is -2.28. The summed E-state index contributed by atoms with van der Waals surface area (Å²) in [6.45, 7) is 0.495. The molecular formula is C18H24N2O4. The van der Waals surface area contributed by atoms with Gasteiger partial charge in [0.1, 0.15) is 6.04 Å². The molecule has 1 aromatic rings.